The number of rotatable bonds is 4. The van der Waals surface area contributed by atoms with E-state index in [0.29, 0.717) is 11.3 Å². The van der Waals surface area contributed by atoms with E-state index in [4.69, 9.17) is 0 Å². The van der Waals surface area contributed by atoms with Crippen molar-refractivity contribution in [2.45, 2.75) is 6.42 Å². The number of carbonyl (C=O) groups is 2. The SMILES string of the molecule is Cn1cnc(C(=O)CC(=O)c2ccc(I)cc2)c1. The molecule has 0 saturated heterocycles. The molecule has 0 aliphatic heterocycles. The summed E-state index contributed by atoms with van der Waals surface area (Å²) in [5, 5.41) is 0. The lowest BCUT2D eigenvalue weighted by Crippen LogP contribution is -2.09. The first-order valence-electron chi connectivity index (χ1n) is 5.36. The second-order valence-electron chi connectivity index (χ2n) is 3.95. The number of hydrogen-bond donors (Lipinski definition) is 0. The lowest BCUT2D eigenvalue weighted by atomic mass is 10.1. The van der Waals surface area contributed by atoms with Crippen LogP contribution in [0.2, 0.25) is 0 Å². The Bertz CT molecular complexity index is 587. The standard InChI is InChI=1S/C13H11IN2O2/c1-16-7-11(15-8-16)13(18)6-12(17)9-2-4-10(14)5-3-9/h2-5,7-8H,6H2,1H3. The van der Waals surface area contributed by atoms with Crippen LogP contribution >= 0.6 is 22.6 Å². The van der Waals surface area contributed by atoms with Gasteiger partial charge in [-0.2, -0.15) is 0 Å². The topological polar surface area (TPSA) is 52.0 Å². The molecule has 0 aliphatic rings. The minimum atomic E-state index is -0.251. The molecule has 1 heterocycles. The van der Waals surface area contributed by atoms with Gasteiger partial charge in [0.05, 0.1) is 12.7 Å². The van der Waals surface area contributed by atoms with Crippen LogP contribution in [-0.2, 0) is 7.05 Å². The third-order valence-corrected chi connectivity index (χ3v) is 3.20. The van der Waals surface area contributed by atoms with E-state index in [2.05, 4.69) is 27.6 Å². The van der Waals surface area contributed by atoms with Crippen molar-refractivity contribution in [3.05, 3.63) is 51.6 Å². The van der Waals surface area contributed by atoms with Gasteiger partial charge in [0.25, 0.3) is 0 Å². The van der Waals surface area contributed by atoms with Gasteiger partial charge in [-0.25, -0.2) is 4.98 Å². The Hall–Kier alpha value is -1.50. The lowest BCUT2D eigenvalue weighted by Gasteiger charge is -1.99. The maximum Gasteiger partial charge on any atom is 0.190 e. The Morgan fingerprint density at radius 3 is 2.44 bits per heavy atom. The van der Waals surface area contributed by atoms with Gasteiger partial charge in [0.2, 0.25) is 0 Å². The molecule has 4 nitrogen and oxygen atoms in total. The number of ketones is 2. The largest absolute Gasteiger partial charge is 0.340 e. The lowest BCUT2D eigenvalue weighted by molar-refractivity contribution is 0.0891. The molecule has 0 spiro atoms. The molecule has 92 valence electrons. The predicted octanol–water partition coefficient (Wildman–Crippen LogP) is 2.48. The molecular weight excluding hydrogens is 343 g/mol. The van der Waals surface area contributed by atoms with Crippen molar-refractivity contribution < 1.29 is 9.59 Å². The van der Waals surface area contributed by atoms with Crippen LogP contribution in [0.15, 0.2) is 36.8 Å². The molecular formula is C13H11IN2O2. The minimum absolute atomic E-state index is 0.141. The Morgan fingerprint density at radius 2 is 1.89 bits per heavy atom. The van der Waals surface area contributed by atoms with Crippen LogP contribution in [0, 0.1) is 3.57 Å². The maximum absolute atomic E-state index is 11.9. The Kier molecular flexibility index (Phi) is 3.90. The first-order chi connectivity index (χ1) is 8.56. The second kappa shape index (κ2) is 5.43. The van der Waals surface area contributed by atoms with E-state index in [0.717, 1.165) is 3.57 Å². The summed E-state index contributed by atoms with van der Waals surface area (Å²) < 4.78 is 2.74. The van der Waals surface area contributed by atoms with Crippen LogP contribution in [0.4, 0.5) is 0 Å². The van der Waals surface area contributed by atoms with E-state index in [1.807, 2.05) is 12.1 Å². The Labute approximate surface area is 118 Å². The van der Waals surface area contributed by atoms with Gasteiger partial charge in [-0.3, -0.25) is 9.59 Å². The smallest absolute Gasteiger partial charge is 0.190 e. The molecule has 0 unspecified atom stereocenters. The fraction of sp³-hybridized carbons (Fsp3) is 0.154. The molecule has 2 aromatic rings. The highest BCUT2D eigenvalue weighted by atomic mass is 127. The normalized spacial score (nSPS) is 10.3. The molecule has 1 aromatic carbocycles. The van der Waals surface area contributed by atoms with Gasteiger partial charge in [-0.05, 0) is 34.7 Å². The van der Waals surface area contributed by atoms with Crippen molar-refractivity contribution in [1.82, 2.24) is 9.55 Å². The molecule has 0 aliphatic carbocycles. The molecule has 0 atom stereocenters. The fourth-order valence-electron chi connectivity index (χ4n) is 1.53. The summed E-state index contributed by atoms with van der Waals surface area (Å²) in [6.07, 6.45) is 3.02. The number of aromatic nitrogens is 2. The van der Waals surface area contributed by atoms with Gasteiger partial charge in [0, 0.05) is 22.4 Å². The van der Waals surface area contributed by atoms with Gasteiger partial charge < -0.3 is 4.57 Å². The highest BCUT2D eigenvalue weighted by molar-refractivity contribution is 14.1. The van der Waals surface area contributed by atoms with Crippen molar-refractivity contribution in [1.29, 1.82) is 0 Å². The van der Waals surface area contributed by atoms with Gasteiger partial charge in [0.1, 0.15) is 5.69 Å². The summed E-state index contributed by atoms with van der Waals surface area (Å²) in [4.78, 5) is 27.6. The predicted molar refractivity (Wildman–Crippen MR) is 75.6 cm³/mol. The first-order valence-corrected chi connectivity index (χ1v) is 6.44. The maximum atomic E-state index is 11.9. The average Bonchev–Trinajstić information content (AvgIpc) is 2.76. The highest BCUT2D eigenvalue weighted by Gasteiger charge is 2.15. The number of Topliss-reactive ketones (excluding diaryl/α,β-unsaturated/α-hetero) is 2. The van der Waals surface area contributed by atoms with Gasteiger partial charge >= 0.3 is 0 Å². The highest BCUT2D eigenvalue weighted by Crippen LogP contribution is 2.10. The zero-order valence-electron chi connectivity index (χ0n) is 9.76. The van der Waals surface area contributed by atoms with Crippen LogP contribution < -0.4 is 0 Å². The van der Waals surface area contributed by atoms with Gasteiger partial charge in [-0.1, -0.05) is 12.1 Å². The number of aryl methyl sites for hydroxylation is 1. The third-order valence-electron chi connectivity index (χ3n) is 2.48. The summed E-state index contributed by atoms with van der Waals surface area (Å²) in [6.45, 7) is 0. The van der Waals surface area contributed by atoms with Gasteiger partial charge in [-0.15, -0.1) is 0 Å². The Balaban J connectivity index is 2.08. The van der Waals surface area contributed by atoms with Crippen molar-refractivity contribution >= 4 is 34.2 Å². The number of halogens is 1. The number of carbonyl (C=O) groups excluding carboxylic acids is 2. The van der Waals surface area contributed by atoms with E-state index >= 15 is 0 Å². The molecule has 18 heavy (non-hydrogen) atoms. The zero-order valence-corrected chi connectivity index (χ0v) is 11.9. The summed E-state index contributed by atoms with van der Waals surface area (Å²) in [5.41, 5.74) is 0.885. The monoisotopic (exact) mass is 354 g/mol. The molecule has 5 heteroatoms. The van der Waals surface area contributed by atoms with E-state index in [1.54, 1.807) is 36.3 Å². The van der Waals surface area contributed by atoms with Crippen LogP contribution in [-0.4, -0.2) is 21.1 Å². The number of imidazole rings is 1. The Morgan fingerprint density at radius 1 is 1.22 bits per heavy atom. The van der Waals surface area contributed by atoms with Crippen LogP contribution in [0.5, 0.6) is 0 Å². The van der Waals surface area contributed by atoms with Crippen molar-refractivity contribution in [3.8, 4) is 0 Å². The molecule has 0 N–H and O–H groups in total. The van der Waals surface area contributed by atoms with Crippen LogP contribution in [0.25, 0.3) is 0 Å². The van der Waals surface area contributed by atoms with E-state index in [1.165, 1.54) is 0 Å². The second-order valence-corrected chi connectivity index (χ2v) is 5.20. The van der Waals surface area contributed by atoms with E-state index in [9.17, 15) is 9.59 Å². The molecule has 0 fully saturated rings. The fourth-order valence-corrected chi connectivity index (χ4v) is 1.89. The minimum Gasteiger partial charge on any atom is -0.340 e. The van der Waals surface area contributed by atoms with E-state index in [-0.39, 0.29) is 18.0 Å². The summed E-state index contributed by atoms with van der Waals surface area (Å²) >= 11 is 2.17. The molecule has 2 rings (SSSR count). The third kappa shape index (κ3) is 3.04. The molecule has 0 amide bonds. The van der Waals surface area contributed by atoms with Crippen molar-refractivity contribution in [3.63, 3.8) is 0 Å². The molecule has 1 aromatic heterocycles. The van der Waals surface area contributed by atoms with Crippen LogP contribution in [0.3, 0.4) is 0 Å². The van der Waals surface area contributed by atoms with Gasteiger partial charge in [0.15, 0.2) is 11.6 Å². The van der Waals surface area contributed by atoms with Crippen LogP contribution in [0.1, 0.15) is 27.3 Å². The van der Waals surface area contributed by atoms with Crippen molar-refractivity contribution in [2.75, 3.05) is 0 Å². The quantitative estimate of drug-likeness (QED) is 0.482. The summed E-state index contributed by atoms with van der Waals surface area (Å²) in [5.74, 6) is -0.429. The number of benzene rings is 1. The average molecular weight is 354 g/mol. The number of hydrogen-bond acceptors (Lipinski definition) is 3. The van der Waals surface area contributed by atoms with Crippen molar-refractivity contribution in [2.24, 2.45) is 7.05 Å². The summed E-state index contributed by atoms with van der Waals surface area (Å²) in [6, 6.07) is 7.16. The summed E-state index contributed by atoms with van der Waals surface area (Å²) in [7, 11) is 1.78. The molecule has 0 bridgehead atoms. The molecule has 0 saturated carbocycles. The molecule has 0 radical (unpaired) electrons. The number of nitrogens with zero attached hydrogens (tertiary/aromatic N) is 2. The van der Waals surface area contributed by atoms with E-state index < -0.39 is 0 Å². The zero-order chi connectivity index (χ0) is 13.1. The first kappa shape index (κ1) is 12.9.